The van der Waals surface area contributed by atoms with Gasteiger partial charge in [-0.3, -0.25) is 4.79 Å². The highest BCUT2D eigenvalue weighted by molar-refractivity contribution is 7.09. The minimum Gasteiger partial charge on any atom is -0.506 e. The molecule has 0 atom stereocenters. The summed E-state index contributed by atoms with van der Waals surface area (Å²) in [6.45, 7) is 0.327. The second-order valence-electron chi connectivity index (χ2n) is 5.22. The number of aromatic hydroxyl groups is 1. The molecule has 3 rings (SSSR count). The van der Waals surface area contributed by atoms with E-state index in [-0.39, 0.29) is 18.1 Å². The molecule has 0 aliphatic carbocycles. The van der Waals surface area contributed by atoms with Crippen molar-refractivity contribution >= 4 is 34.5 Å². The molecule has 1 amide bonds. The molecule has 1 heterocycles. The van der Waals surface area contributed by atoms with Gasteiger partial charge in [0.15, 0.2) is 0 Å². The van der Waals surface area contributed by atoms with Crippen molar-refractivity contribution in [3.05, 3.63) is 69.6 Å². The maximum atomic E-state index is 12.1. The summed E-state index contributed by atoms with van der Waals surface area (Å²) in [5, 5.41) is 15.6. The number of benzene rings is 2. The van der Waals surface area contributed by atoms with Gasteiger partial charge in [-0.25, -0.2) is 4.98 Å². The normalized spacial score (nSPS) is 10.4. The first kappa shape index (κ1) is 17.3. The maximum Gasteiger partial charge on any atom is 0.230 e. The number of hydrogen-bond donors (Lipinski definition) is 2. The second-order valence-corrected chi connectivity index (χ2v) is 6.60. The van der Waals surface area contributed by atoms with E-state index in [4.69, 9.17) is 16.3 Å². The molecule has 2 aromatic carbocycles. The van der Waals surface area contributed by atoms with Crippen LogP contribution in [0.15, 0.2) is 53.9 Å². The Morgan fingerprint density at radius 2 is 1.96 bits per heavy atom. The smallest absolute Gasteiger partial charge is 0.230 e. The van der Waals surface area contributed by atoms with E-state index in [9.17, 15) is 9.90 Å². The summed E-state index contributed by atoms with van der Waals surface area (Å²) in [5.41, 5.74) is 1.04. The summed E-state index contributed by atoms with van der Waals surface area (Å²) >= 11 is 7.26. The number of thiazole rings is 1. The number of anilines is 1. The number of halogens is 1. The fraction of sp³-hybridized carbons (Fsp3) is 0.111. The van der Waals surface area contributed by atoms with Gasteiger partial charge in [0.1, 0.15) is 23.1 Å². The average molecular weight is 375 g/mol. The molecule has 0 radical (unpaired) electrons. The Morgan fingerprint density at radius 1 is 1.20 bits per heavy atom. The number of ether oxygens (including phenoxy) is 1. The Balaban J connectivity index is 1.53. The standard InChI is InChI=1S/C18H15ClN2O3S/c19-12-5-7-14(8-6-12)24-10-18-20-13(11-25-18)9-17(23)21-15-3-1-2-4-16(15)22/h1-8,11,22H,9-10H2,(H,21,23). The van der Waals surface area contributed by atoms with E-state index in [1.165, 1.54) is 17.4 Å². The van der Waals surface area contributed by atoms with Crippen LogP contribution in [0.4, 0.5) is 5.69 Å². The first-order chi connectivity index (χ1) is 12.1. The van der Waals surface area contributed by atoms with Crippen molar-refractivity contribution in [3.63, 3.8) is 0 Å². The average Bonchev–Trinajstić information content (AvgIpc) is 3.04. The fourth-order valence-corrected chi connectivity index (χ4v) is 2.94. The molecule has 0 unspecified atom stereocenters. The Morgan fingerprint density at radius 3 is 2.72 bits per heavy atom. The molecule has 0 fully saturated rings. The van der Waals surface area contributed by atoms with Gasteiger partial charge in [-0.1, -0.05) is 23.7 Å². The van der Waals surface area contributed by atoms with Crippen LogP contribution in [-0.4, -0.2) is 16.0 Å². The van der Waals surface area contributed by atoms with E-state index in [0.717, 1.165) is 5.01 Å². The Bertz CT molecular complexity index is 865. The van der Waals surface area contributed by atoms with Crippen LogP contribution in [0.5, 0.6) is 11.5 Å². The molecular weight excluding hydrogens is 360 g/mol. The number of carbonyl (C=O) groups is 1. The van der Waals surface area contributed by atoms with Crippen LogP contribution >= 0.6 is 22.9 Å². The highest BCUT2D eigenvalue weighted by Crippen LogP contribution is 2.22. The number of carbonyl (C=O) groups excluding carboxylic acids is 1. The second kappa shape index (κ2) is 8.00. The highest BCUT2D eigenvalue weighted by Gasteiger charge is 2.10. The lowest BCUT2D eigenvalue weighted by Crippen LogP contribution is -2.14. The van der Waals surface area contributed by atoms with Crippen LogP contribution in [0.25, 0.3) is 0 Å². The van der Waals surface area contributed by atoms with E-state index in [0.29, 0.717) is 28.8 Å². The number of rotatable bonds is 6. The number of nitrogens with zero attached hydrogens (tertiary/aromatic N) is 1. The lowest BCUT2D eigenvalue weighted by Gasteiger charge is -2.05. The Kier molecular flexibility index (Phi) is 5.53. The van der Waals surface area contributed by atoms with Gasteiger partial charge in [0, 0.05) is 10.4 Å². The van der Waals surface area contributed by atoms with Crippen molar-refractivity contribution in [2.24, 2.45) is 0 Å². The summed E-state index contributed by atoms with van der Waals surface area (Å²) < 4.78 is 5.63. The summed E-state index contributed by atoms with van der Waals surface area (Å²) in [6.07, 6.45) is 0.131. The summed E-state index contributed by atoms with van der Waals surface area (Å²) in [6, 6.07) is 13.7. The molecule has 128 valence electrons. The van der Waals surface area contributed by atoms with Crippen molar-refractivity contribution in [1.82, 2.24) is 4.98 Å². The highest BCUT2D eigenvalue weighted by atomic mass is 35.5. The topological polar surface area (TPSA) is 71.5 Å². The van der Waals surface area contributed by atoms with Crippen LogP contribution in [0.3, 0.4) is 0 Å². The lowest BCUT2D eigenvalue weighted by atomic mass is 10.2. The zero-order chi connectivity index (χ0) is 17.6. The van der Waals surface area contributed by atoms with Gasteiger partial charge in [0.25, 0.3) is 0 Å². The lowest BCUT2D eigenvalue weighted by molar-refractivity contribution is -0.115. The largest absolute Gasteiger partial charge is 0.506 e. The summed E-state index contributed by atoms with van der Waals surface area (Å²) in [7, 11) is 0. The number of amides is 1. The molecule has 5 nitrogen and oxygen atoms in total. The van der Waals surface area contributed by atoms with E-state index < -0.39 is 0 Å². The van der Waals surface area contributed by atoms with E-state index in [2.05, 4.69) is 10.3 Å². The predicted octanol–water partition coefficient (Wildman–Crippen LogP) is 4.26. The van der Waals surface area contributed by atoms with Gasteiger partial charge < -0.3 is 15.2 Å². The molecule has 1 aromatic heterocycles. The molecule has 0 spiro atoms. The van der Waals surface area contributed by atoms with Crippen molar-refractivity contribution in [3.8, 4) is 11.5 Å². The zero-order valence-electron chi connectivity index (χ0n) is 13.1. The van der Waals surface area contributed by atoms with Gasteiger partial charge >= 0.3 is 0 Å². The molecular formula is C18H15ClN2O3S. The van der Waals surface area contributed by atoms with Gasteiger partial charge in [-0.15, -0.1) is 11.3 Å². The third-order valence-corrected chi connectivity index (χ3v) is 4.42. The SMILES string of the molecule is O=C(Cc1csc(COc2ccc(Cl)cc2)n1)Nc1ccccc1O. The Hall–Kier alpha value is -2.57. The first-order valence-electron chi connectivity index (χ1n) is 7.49. The monoisotopic (exact) mass is 374 g/mol. The van der Waals surface area contributed by atoms with Gasteiger partial charge in [0.2, 0.25) is 5.91 Å². The molecule has 0 saturated heterocycles. The fourth-order valence-electron chi connectivity index (χ4n) is 2.11. The Labute approximate surface area is 153 Å². The minimum atomic E-state index is -0.239. The molecule has 2 N–H and O–H groups in total. The van der Waals surface area contributed by atoms with Crippen molar-refractivity contribution < 1.29 is 14.6 Å². The predicted molar refractivity (Wildman–Crippen MR) is 98.3 cm³/mol. The van der Waals surface area contributed by atoms with Crippen LogP contribution in [0.2, 0.25) is 5.02 Å². The number of hydrogen-bond acceptors (Lipinski definition) is 5. The first-order valence-corrected chi connectivity index (χ1v) is 8.75. The quantitative estimate of drug-likeness (QED) is 0.632. The van der Waals surface area contributed by atoms with Gasteiger partial charge in [0.05, 0.1) is 17.8 Å². The third kappa shape index (κ3) is 4.95. The molecule has 0 bridgehead atoms. The van der Waals surface area contributed by atoms with Crippen molar-refractivity contribution in [2.45, 2.75) is 13.0 Å². The summed E-state index contributed by atoms with van der Waals surface area (Å²) in [4.78, 5) is 16.4. The molecule has 7 heteroatoms. The number of para-hydroxylation sites is 2. The number of phenolic OH excluding ortho intramolecular Hbond substituents is 1. The molecule has 3 aromatic rings. The zero-order valence-corrected chi connectivity index (χ0v) is 14.7. The van der Waals surface area contributed by atoms with Crippen molar-refractivity contribution in [1.29, 1.82) is 0 Å². The van der Waals surface area contributed by atoms with Crippen LogP contribution in [0, 0.1) is 0 Å². The van der Waals surface area contributed by atoms with Crippen LogP contribution < -0.4 is 10.1 Å². The number of aromatic nitrogens is 1. The van der Waals surface area contributed by atoms with E-state index >= 15 is 0 Å². The van der Waals surface area contributed by atoms with Gasteiger partial charge in [-0.2, -0.15) is 0 Å². The molecule has 25 heavy (non-hydrogen) atoms. The third-order valence-electron chi connectivity index (χ3n) is 3.30. The molecule has 0 saturated carbocycles. The summed E-state index contributed by atoms with van der Waals surface area (Å²) in [5.74, 6) is 0.501. The molecule has 0 aliphatic heterocycles. The van der Waals surface area contributed by atoms with Crippen molar-refractivity contribution in [2.75, 3.05) is 5.32 Å². The maximum absolute atomic E-state index is 12.1. The van der Waals surface area contributed by atoms with E-state index in [1.54, 1.807) is 42.5 Å². The minimum absolute atomic E-state index is 0.0335. The number of phenols is 1. The van der Waals surface area contributed by atoms with Crippen LogP contribution in [-0.2, 0) is 17.8 Å². The molecule has 0 aliphatic rings. The van der Waals surface area contributed by atoms with E-state index in [1.807, 2.05) is 5.38 Å². The van der Waals surface area contributed by atoms with Gasteiger partial charge in [-0.05, 0) is 36.4 Å². The number of nitrogens with one attached hydrogen (secondary N) is 1. The van der Waals surface area contributed by atoms with Crippen LogP contribution in [0.1, 0.15) is 10.7 Å².